The number of likely N-dealkylation sites (tertiary alicyclic amines) is 1. The molecule has 1 aliphatic heterocycles. The maximum absolute atomic E-state index is 13.8. The molecule has 1 aromatic carbocycles. The average Bonchev–Trinajstić information content (AvgIpc) is 2.42. The molecule has 2 rings (SSSR count). The van der Waals surface area contributed by atoms with Crippen LogP contribution in [0, 0.1) is 17.6 Å². The topological polar surface area (TPSA) is 57.6 Å². The number of halogens is 3. The summed E-state index contributed by atoms with van der Waals surface area (Å²) >= 11 is 5.45. The lowest BCUT2D eigenvalue weighted by molar-refractivity contribution is -0.143. The van der Waals surface area contributed by atoms with Gasteiger partial charge < -0.3 is 10.0 Å². The predicted molar refractivity (Wildman–Crippen MR) is 72.2 cm³/mol. The van der Waals surface area contributed by atoms with Crippen LogP contribution in [0.3, 0.4) is 0 Å². The van der Waals surface area contributed by atoms with Gasteiger partial charge in [-0.15, -0.1) is 0 Å². The number of hydrogen-bond acceptors (Lipinski definition) is 2. The summed E-state index contributed by atoms with van der Waals surface area (Å²) in [5.41, 5.74) is -0.435. The summed E-state index contributed by atoms with van der Waals surface area (Å²) < 4.78 is 27.2. The van der Waals surface area contributed by atoms with Crippen molar-refractivity contribution in [1.29, 1.82) is 0 Å². The van der Waals surface area contributed by atoms with Crippen molar-refractivity contribution in [2.45, 2.75) is 25.8 Å². The fourth-order valence-electron chi connectivity index (χ4n) is 2.43. The van der Waals surface area contributed by atoms with E-state index in [0.29, 0.717) is 12.8 Å². The van der Waals surface area contributed by atoms with Crippen molar-refractivity contribution in [2.24, 2.45) is 5.92 Å². The zero-order valence-electron chi connectivity index (χ0n) is 11.3. The maximum atomic E-state index is 13.8. The Labute approximate surface area is 125 Å². The van der Waals surface area contributed by atoms with Gasteiger partial charge in [-0.1, -0.05) is 11.6 Å². The molecule has 7 heteroatoms. The number of carbonyl (C=O) groups excluding carboxylic acids is 1. The predicted octanol–water partition coefficient (Wildman–Crippen LogP) is 2.94. The number of piperidine rings is 1. The van der Waals surface area contributed by atoms with Gasteiger partial charge in [0, 0.05) is 12.6 Å². The lowest BCUT2D eigenvalue weighted by Gasteiger charge is -2.36. The second-order valence-corrected chi connectivity index (χ2v) is 5.57. The first kappa shape index (κ1) is 15.7. The van der Waals surface area contributed by atoms with Gasteiger partial charge in [-0.2, -0.15) is 0 Å². The Morgan fingerprint density at radius 2 is 1.95 bits per heavy atom. The number of rotatable bonds is 2. The summed E-state index contributed by atoms with van der Waals surface area (Å²) in [5.74, 6) is -4.22. The summed E-state index contributed by atoms with van der Waals surface area (Å²) in [5, 5.41) is 8.64. The van der Waals surface area contributed by atoms with E-state index in [1.165, 1.54) is 4.90 Å². The monoisotopic (exact) mass is 317 g/mol. The van der Waals surface area contributed by atoms with E-state index in [2.05, 4.69) is 0 Å². The van der Waals surface area contributed by atoms with Crippen molar-refractivity contribution < 1.29 is 23.5 Å². The van der Waals surface area contributed by atoms with Gasteiger partial charge in [0.1, 0.15) is 11.6 Å². The van der Waals surface area contributed by atoms with Crippen LogP contribution in [0.4, 0.5) is 8.78 Å². The Morgan fingerprint density at radius 1 is 1.29 bits per heavy atom. The third-order valence-electron chi connectivity index (χ3n) is 3.73. The van der Waals surface area contributed by atoms with Gasteiger partial charge in [-0.05, 0) is 31.9 Å². The molecule has 0 radical (unpaired) electrons. The van der Waals surface area contributed by atoms with Crippen molar-refractivity contribution >= 4 is 23.5 Å². The summed E-state index contributed by atoms with van der Waals surface area (Å²) in [6.07, 6.45) is 0.956. The maximum Gasteiger partial charge on any atom is 0.308 e. The molecule has 2 atom stereocenters. The Bertz CT molecular complexity index is 594. The van der Waals surface area contributed by atoms with Crippen LogP contribution in [-0.4, -0.2) is 34.5 Å². The van der Waals surface area contributed by atoms with E-state index in [9.17, 15) is 18.4 Å². The van der Waals surface area contributed by atoms with Crippen molar-refractivity contribution in [3.63, 3.8) is 0 Å². The van der Waals surface area contributed by atoms with Gasteiger partial charge in [-0.3, -0.25) is 9.59 Å². The summed E-state index contributed by atoms with van der Waals surface area (Å²) in [6, 6.07) is 1.26. The standard InChI is InChI=1S/C14H14ClF2NO3/c1-7-2-3-8(14(20)21)6-18(7)13(19)9-4-12(17)10(15)5-11(9)16/h4-5,7-8H,2-3,6H2,1H3,(H,20,21). The molecular weight excluding hydrogens is 304 g/mol. The van der Waals surface area contributed by atoms with Crippen LogP contribution in [0.1, 0.15) is 30.1 Å². The Kier molecular flexibility index (Phi) is 4.46. The molecule has 0 aliphatic carbocycles. The molecule has 0 aromatic heterocycles. The molecule has 4 nitrogen and oxygen atoms in total. The Balaban J connectivity index is 2.30. The molecule has 1 heterocycles. The largest absolute Gasteiger partial charge is 0.481 e. The highest BCUT2D eigenvalue weighted by Gasteiger charge is 2.34. The van der Waals surface area contributed by atoms with Gasteiger partial charge in [0.05, 0.1) is 16.5 Å². The highest BCUT2D eigenvalue weighted by molar-refractivity contribution is 6.30. The van der Waals surface area contributed by atoms with Crippen LogP contribution >= 0.6 is 11.6 Å². The van der Waals surface area contributed by atoms with Crippen molar-refractivity contribution in [2.75, 3.05) is 6.54 Å². The van der Waals surface area contributed by atoms with E-state index in [4.69, 9.17) is 16.7 Å². The molecule has 1 fully saturated rings. The smallest absolute Gasteiger partial charge is 0.308 e. The number of nitrogens with zero attached hydrogens (tertiary/aromatic N) is 1. The Morgan fingerprint density at radius 3 is 2.57 bits per heavy atom. The minimum Gasteiger partial charge on any atom is -0.481 e. The second-order valence-electron chi connectivity index (χ2n) is 5.17. The van der Waals surface area contributed by atoms with Gasteiger partial charge in [0.25, 0.3) is 5.91 Å². The fraction of sp³-hybridized carbons (Fsp3) is 0.429. The quantitative estimate of drug-likeness (QED) is 0.853. The van der Waals surface area contributed by atoms with Gasteiger partial charge in [0.2, 0.25) is 0 Å². The van der Waals surface area contributed by atoms with Crippen molar-refractivity contribution in [3.8, 4) is 0 Å². The average molecular weight is 318 g/mol. The minimum absolute atomic E-state index is 0.0149. The van der Waals surface area contributed by atoms with Crippen molar-refractivity contribution in [3.05, 3.63) is 34.4 Å². The zero-order chi connectivity index (χ0) is 15.7. The van der Waals surface area contributed by atoms with Crippen LogP contribution in [0.5, 0.6) is 0 Å². The normalized spacial score (nSPS) is 22.2. The number of hydrogen-bond donors (Lipinski definition) is 1. The first-order valence-corrected chi connectivity index (χ1v) is 6.87. The molecule has 1 amide bonds. The molecule has 0 bridgehead atoms. The first-order chi connectivity index (χ1) is 9.81. The molecule has 1 aromatic rings. The van der Waals surface area contributed by atoms with Gasteiger partial charge >= 0.3 is 5.97 Å². The lowest BCUT2D eigenvalue weighted by Crippen LogP contribution is -2.47. The number of carboxylic acid groups (broad SMARTS) is 1. The molecule has 21 heavy (non-hydrogen) atoms. The van der Waals surface area contributed by atoms with E-state index in [-0.39, 0.29) is 12.6 Å². The molecule has 1 N–H and O–H groups in total. The summed E-state index contributed by atoms with van der Waals surface area (Å²) in [7, 11) is 0. The number of benzene rings is 1. The molecule has 114 valence electrons. The lowest BCUT2D eigenvalue weighted by atomic mass is 9.93. The molecule has 2 unspecified atom stereocenters. The third kappa shape index (κ3) is 3.15. The molecular formula is C14H14ClF2NO3. The van der Waals surface area contributed by atoms with Crippen LogP contribution in [-0.2, 0) is 4.79 Å². The first-order valence-electron chi connectivity index (χ1n) is 6.49. The second kappa shape index (κ2) is 5.97. The number of amides is 1. The highest BCUT2D eigenvalue weighted by Crippen LogP contribution is 2.26. The van der Waals surface area contributed by atoms with E-state index < -0.39 is 40.0 Å². The van der Waals surface area contributed by atoms with E-state index in [0.717, 1.165) is 12.1 Å². The summed E-state index contributed by atoms with van der Waals surface area (Å²) in [6.45, 7) is 1.74. The van der Waals surface area contributed by atoms with E-state index in [1.807, 2.05) is 0 Å². The molecule has 1 aliphatic rings. The fourth-order valence-corrected chi connectivity index (χ4v) is 2.58. The van der Waals surface area contributed by atoms with Gasteiger partial charge in [-0.25, -0.2) is 8.78 Å². The van der Waals surface area contributed by atoms with E-state index in [1.54, 1.807) is 6.92 Å². The third-order valence-corrected chi connectivity index (χ3v) is 4.02. The molecule has 0 spiro atoms. The Hall–Kier alpha value is -1.69. The van der Waals surface area contributed by atoms with Crippen LogP contribution in [0.2, 0.25) is 5.02 Å². The molecule has 1 saturated heterocycles. The minimum atomic E-state index is -0.998. The SMILES string of the molecule is CC1CCC(C(=O)O)CN1C(=O)c1cc(F)c(Cl)cc1F. The number of carbonyl (C=O) groups is 2. The van der Waals surface area contributed by atoms with Crippen LogP contribution in [0.25, 0.3) is 0 Å². The zero-order valence-corrected chi connectivity index (χ0v) is 12.0. The highest BCUT2D eigenvalue weighted by atomic mass is 35.5. The number of carboxylic acids is 1. The van der Waals surface area contributed by atoms with Gasteiger partial charge in [0.15, 0.2) is 0 Å². The molecule has 0 saturated carbocycles. The van der Waals surface area contributed by atoms with Crippen LogP contribution < -0.4 is 0 Å². The van der Waals surface area contributed by atoms with Crippen molar-refractivity contribution in [1.82, 2.24) is 4.90 Å². The van der Waals surface area contributed by atoms with E-state index >= 15 is 0 Å². The summed E-state index contributed by atoms with van der Waals surface area (Å²) in [4.78, 5) is 24.7. The number of aliphatic carboxylic acids is 1. The van der Waals surface area contributed by atoms with Crippen LogP contribution in [0.15, 0.2) is 12.1 Å².